The molecule has 8 nitrogen and oxygen atoms in total. The molecule has 0 saturated carbocycles. The number of hydrogen-bond acceptors (Lipinski definition) is 5. The largest absolute Gasteiger partial charge is 0.454 e. The van der Waals surface area contributed by atoms with Crippen LogP contribution < -0.4 is 20.1 Å². The van der Waals surface area contributed by atoms with Gasteiger partial charge >= 0.3 is 6.03 Å². The van der Waals surface area contributed by atoms with E-state index >= 15 is 0 Å². The molecular weight excluding hydrogens is 346 g/mol. The van der Waals surface area contributed by atoms with Crippen LogP contribution in [0.4, 0.5) is 4.79 Å². The fourth-order valence-electron chi connectivity index (χ4n) is 2.78. The predicted octanol–water partition coefficient (Wildman–Crippen LogP) is 2.21. The van der Waals surface area contributed by atoms with Crippen molar-refractivity contribution in [3.8, 4) is 22.9 Å². The van der Waals surface area contributed by atoms with Crippen LogP contribution in [0, 0.1) is 0 Å². The third-order valence-corrected chi connectivity index (χ3v) is 4.25. The summed E-state index contributed by atoms with van der Waals surface area (Å²) in [6, 6.07) is 11.1. The number of carbonyl (C=O) groups is 1. The van der Waals surface area contributed by atoms with Crippen LogP contribution in [0.25, 0.3) is 11.4 Å². The van der Waals surface area contributed by atoms with Gasteiger partial charge in [0.05, 0.1) is 11.4 Å². The molecule has 8 heteroatoms. The van der Waals surface area contributed by atoms with Gasteiger partial charge in [0.2, 0.25) is 6.79 Å². The van der Waals surface area contributed by atoms with Gasteiger partial charge in [-0.1, -0.05) is 12.1 Å². The van der Waals surface area contributed by atoms with E-state index in [0.717, 1.165) is 28.3 Å². The molecule has 1 aliphatic heterocycles. The van der Waals surface area contributed by atoms with Crippen LogP contribution in [0.3, 0.4) is 0 Å². The van der Waals surface area contributed by atoms with E-state index in [1.807, 2.05) is 43.4 Å². The molecule has 0 fully saturated rings. The zero-order chi connectivity index (χ0) is 18.6. The number of hydrogen-bond donors (Lipinski definition) is 2. The van der Waals surface area contributed by atoms with Crippen molar-refractivity contribution < 1.29 is 14.3 Å². The smallest absolute Gasteiger partial charge is 0.315 e. The van der Waals surface area contributed by atoms with E-state index in [4.69, 9.17) is 9.47 Å². The number of nitrogens with zero attached hydrogens (tertiary/aromatic N) is 3. The van der Waals surface area contributed by atoms with Crippen molar-refractivity contribution in [3.63, 3.8) is 0 Å². The zero-order valence-corrected chi connectivity index (χ0v) is 14.8. The number of nitrogens with one attached hydrogen (secondary N) is 2. The normalized spacial score (nSPS) is 12.0. The first-order chi connectivity index (χ1) is 13.2. The Bertz CT molecular complexity index is 952. The summed E-state index contributed by atoms with van der Waals surface area (Å²) in [4.78, 5) is 16.4. The van der Waals surface area contributed by atoms with Gasteiger partial charge in [-0.25, -0.2) is 4.79 Å². The molecule has 27 heavy (non-hydrogen) atoms. The minimum Gasteiger partial charge on any atom is -0.454 e. The first-order valence-electron chi connectivity index (χ1n) is 8.52. The number of rotatable bonds is 5. The fraction of sp³-hybridized carbons (Fsp3) is 0.211. The lowest BCUT2D eigenvalue weighted by molar-refractivity contribution is 0.174. The zero-order valence-electron chi connectivity index (χ0n) is 14.8. The van der Waals surface area contributed by atoms with Crippen molar-refractivity contribution in [1.82, 2.24) is 25.4 Å². The van der Waals surface area contributed by atoms with E-state index in [0.29, 0.717) is 18.8 Å². The minimum atomic E-state index is -0.247. The number of urea groups is 1. The lowest BCUT2D eigenvalue weighted by Crippen LogP contribution is -2.34. The number of benzene rings is 1. The number of aromatic nitrogens is 3. The first-order valence-corrected chi connectivity index (χ1v) is 8.52. The maximum absolute atomic E-state index is 12.0. The summed E-state index contributed by atoms with van der Waals surface area (Å²) >= 11 is 0. The SMILES string of the molecule is Cn1nccc1-c1ccc(CNC(=O)NCc2ccc3c(c2)OCO3)cn1. The molecule has 0 spiro atoms. The molecule has 0 atom stereocenters. The van der Waals surface area contributed by atoms with Gasteiger partial charge in [-0.15, -0.1) is 0 Å². The molecule has 1 aliphatic rings. The minimum absolute atomic E-state index is 0.236. The molecule has 1 aromatic carbocycles. The fourth-order valence-corrected chi connectivity index (χ4v) is 2.78. The highest BCUT2D eigenvalue weighted by molar-refractivity contribution is 5.73. The summed E-state index contributed by atoms with van der Waals surface area (Å²) in [6.07, 6.45) is 3.48. The number of aryl methyl sites for hydroxylation is 1. The Balaban J connectivity index is 1.27. The molecule has 0 radical (unpaired) electrons. The quantitative estimate of drug-likeness (QED) is 0.723. The van der Waals surface area contributed by atoms with Crippen molar-refractivity contribution in [3.05, 3.63) is 59.9 Å². The summed E-state index contributed by atoms with van der Waals surface area (Å²) in [5.41, 5.74) is 3.64. The summed E-state index contributed by atoms with van der Waals surface area (Å²) in [5, 5.41) is 9.78. The Morgan fingerprint density at radius 1 is 1.07 bits per heavy atom. The summed E-state index contributed by atoms with van der Waals surface area (Å²) in [7, 11) is 1.87. The molecule has 2 aromatic heterocycles. The maximum atomic E-state index is 12.0. The van der Waals surface area contributed by atoms with Crippen molar-refractivity contribution in [2.45, 2.75) is 13.1 Å². The van der Waals surface area contributed by atoms with Crippen LogP contribution in [0.15, 0.2) is 48.8 Å². The number of ether oxygens (including phenoxy) is 2. The lowest BCUT2D eigenvalue weighted by Gasteiger charge is -2.09. The Morgan fingerprint density at radius 3 is 2.59 bits per heavy atom. The Morgan fingerprint density at radius 2 is 1.85 bits per heavy atom. The standard InChI is InChI=1S/C19H19N5O3/c1-24-16(6-7-23-24)15-4-2-14(10-20-15)11-22-19(25)21-9-13-3-5-17-18(8-13)27-12-26-17/h2-8,10H,9,11-12H2,1H3,(H2,21,22,25). The third-order valence-electron chi connectivity index (χ3n) is 4.25. The van der Waals surface area contributed by atoms with E-state index < -0.39 is 0 Å². The number of amides is 2. The van der Waals surface area contributed by atoms with Crippen LogP contribution in [0.5, 0.6) is 11.5 Å². The van der Waals surface area contributed by atoms with Crippen LogP contribution in [-0.2, 0) is 20.1 Å². The molecule has 3 heterocycles. The van der Waals surface area contributed by atoms with Crippen molar-refractivity contribution >= 4 is 6.03 Å². The molecule has 3 aromatic rings. The number of fused-ring (bicyclic) bond motifs is 1. The van der Waals surface area contributed by atoms with Gasteiger partial charge in [0, 0.05) is 32.5 Å². The Kier molecular flexibility index (Phi) is 4.61. The molecule has 2 amide bonds. The number of pyridine rings is 1. The van der Waals surface area contributed by atoms with Crippen LogP contribution >= 0.6 is 0 Å². The molecule has 0 unspecified atom stereocenters. The van der Waals surface area contributed by atoms with Crippen LogP contribution in [0.1, 0.15) is 11.1 Å². The average molecular weight is 365 g/mol. The van der Waals surface area contributed by atoms with E-state index in [1.54, 1.807) is 17.1 Å². The van der Waals surface area contributed by atoms with E-state index in [9.17, 15) is 4.79 Å². The second-order valence-corrected chi connectivity index (χ2v) is 6.12. The van der Waals surface area contributed by atoms with Gasteiger partial charge in [0.15, 0.2) is 11.5 Å². The van der Waals surface area contributed by atoms with Gasteiger partial charge in [-0.3, -0.25) is 9.67 Å². The number of carbonyl (C=O) groups excluding carboxylic acids is 1. The topological polar surface area (TPSA) is 90.3 Å². The molecule has 0 saturated heterocycles. The first kappa shape index (κ1) is 16.9. The Hall–Kier alpha value is -3.55. The van der Waals surface area contributed by atoms with Gasteiger partial charge in [-0.2, -0.15) is 5.10 Å². The van der Waals surface area contributed by atoms with Gasteiger partial charge < -0.3 is 20.1 Å². The molecule has 0 aliphatic carbocycles. The molecule has 4 rings (SSSR count). The van der Waals surface area contributed by atoms with Crippen molar-refractivity contribution in [2.24, 2.45) is 7.05 Å². The second kappa shape index (κ2) is 7.36. The highest BCUT2D eigenvalue weighted by Gasteiger charge is 2.13. The molecular formula is C19H19N5O3. The summed E-state index contributed by atoms with van der Waals surface area (Å²) in [5.74, 6) is 1.43. The monoisotopic (exact) mass is 365 g/mol. The molecule has 2 N–H and O–H groups in total. The van der Waals surface area contributed by atoms with Gasteiger partial charge in [0.25, 0.3) is 0 Å². The second-order valence-electron chi connectivity index (χ2n) is 6.12. The van der Waals surface area contributed by atoms with E-state index in [1.165, 1.54) is 0 Å². The van der Waals surface area contributed by atoms with Crippen LogP contribution in [-0.4, -0.2) is 27.6 Å². The average Bonchev–Trinajstić information content (AvgIpc) is 3.33. The van der Waals surface area contributed by atoms with E-state index in [2.05, 4.69) is 20.7 Å². The highest BCUT2D eigenvalue weighted by Crippen LogP contribution is 2.32. The van der Waals surface area contributed by atoms with E-state index in [-0.39, 0.29) is 12.8 Å². The van der Waals surface area contributed by atoms with Crippen molar-refractivity contribution in [2.75, 3.05) is 6.79 Å². The maximum Gasteiger partial charge on any atom is 0.315 e. The third kappa shape index (κ3) is 3.84. The molecule has 138 valence electrons. The summed E-state index contributed by atoms with van der Waals surface area (Å²) in [6.45, 7) is 1.03. The van der Waals surface area contributed by atoms with Crippen molar-refractivity contribution in [1.29, 1.82) is 0 Å². The van der Waals surface area contributed by atoms with Gasteiger partial charge in [0.1, 0.15) is 0 Å². The highest BCUT2D eigenvalue weighted by atomic mass is 16.7. The van der Waals surface area contributed by atoms with Gasteiger partial charge in [-0.05, 0) is 35.4 Å². The Labute approximate surface area is 156 Å². The van der Waals surface area contributed by atoms with Crippen LogP contribution in [0.2, 0.25) is 0 Å². The summed E-state index contributed by atoms with van der Waals surface area (Å²) < 4.78 is 12.4. The predicted molar refractivity (Wildman–Crippen MR) is 98.1 cm³/mol. The lowest BCUT2D eigenvalue weighted by atomic mass is 10.2. The molecule has 0 bridgehead atoms.